The molecule has 2 heterocycles. The van der Waals surface area contributed by atoms with Crippen molar-refractivity contribution in [1.29, 1.82) is 0 Å². The Kier molecular flexibility index (Phi) is 7.18. The fraction of sp³-hybridized carbons (Fsp3) is 0.438. The van der Waals surface area contributed by atoms with E-state index in [1.54, 1.807) is 19.1 Å². The Hall–Kier alpha value is -1.98. The fourth-order valence-electron chi connectivity index (χ4n) is 2.55. The molecule has 1 N–H and O–H groups in total. The monoisotopic (exact) mass is 439 g/mol. The number of anilines is 1. The lowest BCUT2D eigenvalue weighted by Gasteiger charge is -2.24. The third-order valence-corrected chi connectivity index (χ3v) is 5.53. The molecule has 0 aliphatic heterocycles. The maximum Gasteiger partial charge on any atom is 0.433 e. The zero-order valence-corrected chi connectivity index (χ0v) is 16.6. The van der Waals surface area contributed by atoms with Gasteiger partial charge in [0.1, 0.15) is 17.1 Å². The van der Waals surface area contributed by atoms with Crippen molar-refractivity contribution in [3.05, 3.63) is 35.9 Å². The highest BCUT2D eigenvalue weighted by molar-refractivity contribution is 7.91. The first-order valence-corrected chi connectivity index (χ1v) is 10.1. The lowest BCUT2D eigenvalue weighted by atomic mass is 10.2. The van der Waals surface area contributed by atoms with Crippen molar-refractivity contribution in [2.24, 2.45) is 5.92 Å². The van der Waals surface area contributed by atoms with Crippen LogP contribution in [0, 0.1) is 5.92 Å². The maximum absolute atomic E-state index is 12.7. The summed E-state index contributed by atoms with van der Waals surface area (Å²) in [6.07, 6.45) is -0.311. The first-order chi connectivity index (χ1) is 13.0. The molecule has 12 heteroatoms. The Balaban J connectivity index is 2.19. The third-order valence-electron chi connectivity index (χ3n) is 3.74. The van der Waals surface area contributed by atoms with Crippen LogP contribution in [0.5, 0.6) is 0 Å². The van der Waals surface area contributed by atoms with Crippen molar-refractivity contribution < 1.29 is 32.5 Å². The van der Waals surface area contributed by atoms with E-state index in [0.29, 0.717) is 5.69 Å². The van der Waals surface area contributed by atoms with Gasteiger partial charge >= 0.3 is 6.18 Å². The fourth-order valence-corrected chi connectivity index (χ4v) is 3.96. The molecule has 0 aliphatic rings. The number of rotatable bonds is 7. The van der Waals surface area contributed by atoms with Crippen LogP contribution in [0.2, 0.25) is 5.15 Å². The zero-order chi connectivity index (χ0) is 21.1. The summed E-state index contributed by atoms with van der Waals surface area (Å²) in [5.74, 6) is -3.28. The Bertz CT molecular complexity index is 834. The number of pyridine rings is 1. The quantitative estimate of drug-likeness (QED) is 0.407. The normalized spacial score (nSPS) is 14.0. The highest BCUT2D eigenvalue weighted by Crippen LogP contribution is 2.27. The molecule has 2 rings (SSSR count). The molecular weight excluding hydrogens is 421 g/mol. The van der Waals surface area contributed by atoms with Gasteiger partial charge in [-0.15, -0.1) is 0 Å². The predicted molar refractivity (Wildman–Crippen MR) is 97.1 cm³/mol. The van der Waals surface area contributed by atoms with Gasteiger partial charge in [0.15, 0.2) is 5.15 Å². The number of carbonyl (C=O) groups excluding carboxylic acids is 1. The predicted octanol–water partition coefficient (Wildman–Crippen LogP) is 2.35. The van der Waals surface area contributed by atoms with Crippen molar-refractivity contribution in [3.8, 4) is 5.69 Å². The van der Waals surface area contributed by atoms with Gasteiger partial charge in [0.05, 0.1) is 12.1 Å². The molecular formula is C16H19ClF3N4O3S+. The van der Waals surface area contributed by atoms with E-state index in [-0.39, 0.29) is 17.4 Å². The van der Waals surface area contributed by atoms with Gasteiger partial charge in [-0.3, -0.25) is 10.0 Å². The molecule has 0 saturated heterocycles. The topological polar surface area (TPSA) is 85.3 Å². The second-order valence-electron chi connectivity index (χ2n) is 6.04. The first kappa shape index (κ1) is 22.3. The minimum Gasteiger partial charge on any atom is -0.616 e. The third kappa shape index (κ3) is 5.76. The van der Waals surface area contributed by atoms with Crippen molar-refractivity contribution in [1.82, 2.24) is 9.78 Å². The van der Waals surface area contributed by atoms with Crippen molar-refractivity contribution in [2.75, 3.05) is 23.0 Å². The molecule has 0 saturated carbocycles. The molecule has 7 nitrogen and oxygen atoms in total. The summed E-state index contributed by atoms with van der Waals surface area (Å²) in [5.41, 5.74) is 0.733. The van der Waals surface area contributed by atoms with Crippen LogP contribution >= 0.6 is 11.6 Å². The smallest absolute Gasteiger partial charge is 0.433 e. The zero-order valence-electron chi connectivity index (χ0n) is 15.1. The van der Waals surface area contributed by atoms with E-state index in [0.717, 1.165) is 4.73 Å². The van der Waals surface area contributed by atoms with Gasteiger partial charge in [-0.2, -0.15) is 18.3 Å². The number of carbonyl (C=O) groups is 1. The van der Waals surface area contributed by atoms with Crippen molar-refractivity contribution in [2.45, 2.75) is 20.0 Å². The molecule has 0 spiro atoms. The van der Waals surface area contributed by atoms with Crippen LogP contribution in [-0.4, -0.2) is 49.7 Å². The van der Waals surface area contributed by atoms with Crippen LogP contribution in [0.15, 0.2) is 30.7 Å². The van der Waals surface area contributed by atoms with E-state index in [2.05, 4.69) is 5.10 Å². The summed E-state index contributed by atoms with van der Waals surface area (Å²) in [7, 11) is 0. The summed E-state index contributed by atoms with van der Waals surface area (Å²) in [6.45, 7) is 3.29. The molecule has 0 aliphatic carbocycles. The van der Waals surface area contributed by atoms with E-state index < -0.39 is 40.7 Å². The minimum absolute atomic E-state index is 0.00663. The van der Waals surface area contributed by atoms with Crippen molar-refractivity contribution >= 4 is 34.4 Å². The number of amides is 1. The van der Waals surface area contributed by atoms with E-state index in [9.17, 15) is 27.7 Å². The molecule has 2 atom stereocenters. The van der Waals surface area contributed by atoms with Crippen molar-refractivity contribution in [3.63, 3.8) is 0 Å². The molecule has 154 valence electrons. The van der Waals surface area contributed by atoms with Gasteiger partial charge in [0.2, 0.25) is 24.1 Å². The number of aromatic nitrogens is 3. The maximum atomic E-state index is 12.7. The van der Waals surface area contributed by atoms with Gasteiger partial charge in [0.25, 0.3) is 0 Å². The van der Waals surface area contributed by atoms with Gasteiger partial charge in [-0.25, -0.2) is 4.68 Å². The number of halogens is 4. The number of hydrogen-bond donors (Lipinski definition) is 1. The highest BCUT2D eigenvalue weighted by atomic mass is 35.5. The summed E-state index contributed by atoms with van der Waals surface area (Å²) >= 11 is 3.94. The number of alkyl halides is 3. The van der Waals surface area contributed by atoms with Crippen LogP contribution < -0.4 is 9.63 Å². The van der Waals surface area contributed by atoms with E-state index in [1.165, 1.54) is 35.1 Å². The molecule has 28 heavy (non-hydrogen) atoms. The number of nitrogens with zero attached hydrogens (tertiary/aromatic N) is 4. The molecule has 2 aromatic heterocycles. The lowest BCUT2D eigenvalue weighted by molar-refractivity contribution is -0.904. The lowest BCUT2D eigenvalue weighted by Crippen LogP contribution is -2.39. The highest BCUT2D eigenvalue weighted by Gasteiger charge is 2.36. The summed E-state index contributed by atoms with van der Waals surface area (Å²) in [6, 6.07) is 3.23. The van der Waals surface area contributed by atoms with Gasteiger partial charge in [0, 0.05) is 17.3 Å². The van der Waals surface area contributed by atoms with E-state index in [1.807, 2.05) is 0 Å². The Morgan fingerprint density at radius 2 is 2.21 bits per heavy atom. The standard InChI is InChI=1S/C16H19ClF3N4O3S/c1-3-23(15(25)11(2)9-28(27)10-16(18,19)20)13-8-24(21-14(13)17)12-5-4-6-22(26)7-12/h4-8,11,26H,3,9-10H2,1-2H3/q+1. The molecule has 0 aromatic carbocycles. The average molecular weight is 440 g/mol. The molecule has 1 amide bonds. The second-order valence-corrected chi connectivity index (χ2v) is 7.90. The Labute approximate surface area is 167 Å². The summed E-state index contributed by atoms with van der Waals surface area (Å²) in [5, 5.41) is 13.6. The minimum atomic E-state index is -4.55. The Morgan fingerprint density at radius 3 is 2.79 bits per heavy atom. The second kappa shape index (κ2) is 9.01. The summed E-state index contributed by atoms with van der Waals surface area (Å²) in [4.78, 5) is 14.0. The van der Waals surface area contributed by atoms with E-state index in [4.69, 9.17) is 11.6 Å². The van der Waals surface area contributed by atoms with Gasteiger partial charge in [-0.05, 0) is 31.1 Å². The largest absolute Gasteiger partial charge is 0.616 e. The molecule has 0 radical (unpaired) electrons. The van der Waals surface area contributed by atoms with Gasteiger partial charge < -0.3 is 9.45 Å². The summed E-state index contributed by atoms with van der Waals surface area (Å²) < 4.78 is 50.9. The van der Waals surface area contributed by atoms with E-state index >= 15 is 0 Å². The van der Waals surface area contributed by atoms with Crippen LogP contribution in [0.4, 0.5) is 18.9 Å². The molecule has 2 unspecified atom stereocenters. The van der Waals surface area contributed by atoms with Crippen LogP contribution in [0.25, 0.3) is 5.69 Å². The first-order valence-electron chi connectivity index (χ1n) is 8.21. The Morgan fingerprint density at radius 1 is 1.54 bits per heavy atom. The molecule has 0 fully saturated rings. The van der Waals surface area contributed by atoms with Crippen LogP contribution in [-0.2, 0) is 16.0 Å². The SMILES string of the molecule is CCN(C(=O)C(C)C[S+]([O-])CC(F)(F)F)c1cn(-c2ccc[n+](O)c2)nc1Cl. The number of hydrogen-bond acceptors (Lipinski definition) is 4. The molecule has 2 aromatic rings. The molecule has 0 bridgehead atoms. The van der Waals surface area contributed by atoms with Gasteiger partial charge in [-0.1, -0.05) is 11.6 Å². The van der Waals surface area contributed by atoms with Crippen LogP contribution in [0.3, 0.4) is 0 Å². The van der Waals surface area contributed by atoms with Crippen LogP contribution in [0.1, 0.15) is 13.8 Å². The average Bonchev–Trinajstić information content (AvgIpc) is 2.95.